The molecule has 0 fully saturated rings. The van der Waals surface area contributed by atoms with E-state index >= 15 is 0 Å². The first-order chi connectivity index (χ1) is 12.3. The summed E-state index contributed by atoms with van der Waals surface area (Å²) in [5.74, 6) is 0.768. The van der Waals surface area contributed by atoms with Crippen molar-refractivity contribution < 1.29 is 4.74 Å². The van der Waals surface area contributed by atoms with Crippen LogP contribution in [-0.2, 0) is 6.61 Å². The molecular weight excluding hydrogens is 421 g/mol. The first kappa shape index (κ1) is 17.2. The van der Waals surface area contributed by atoms with Crippen molar-refractivity contribution in [2.75, 3.05) is 0 Å². The van der Waals surface area contributed by atoms with Gasteiger partial charge in [0.2, 0.25) is 0 Å². The monoisotopic (exact) mass is 437 g/mol. The van der Waals surface area contributed by atoms with Crippen LogP contribution in [0, 0.1) is 14.9 Å². The van der Waals surface area contributed by atoms with Gasteiger partial charge in [-0.2, -0.15) is 5.26 Å². The first-order valence-electron chi connectivity index (χ1n) is 7.90. The SMILES string of the molecule is N#C/C(=C/c1ccccc1OCc1ccccc1)c1ccc(I)cc1. The molecule has 3 aromatic carbocycles. The predicted octanol–water partition coefficient (Wildman–Crippen LogP) is 5.93. The van der Waals surface area contributed by atoms with Crippen LogP contribution in [0.5, 0.6) is 5.75 Å². The van der Waals surface area contributed by atoms with Gasteiger partial charge in [-0.05, 0) is 58.0 Å². The number of nitrogens with zero attached hydrogens (tertiary/aromatic N) is 1. The highest BCUT2D eigenvalue weighted by molar-refractivity contribution is 14.1. The number of halogens is 1. The summed E-state index contributed by atoms with van der Waals surface area (Å²) in [4.78, 5) is 0. The minimum Gasteiger partial charge on any atom is -0.488 e. The third-order valence-corrected chi connectivity index (χ3v) is 4.45. The van der Waals surface area contributed by atoms with Gasteiger partial charge in [0.05, 0.1) is 11.6 Å². The van der Waals surface area contributed by atoms with Crippen LogP contribution in [0.3, 0.4) is 0 Å². The van der Waals surface area contributed by atoms with Gasteiger partial charge in [-0.25, -0.2) is 0 Å². The molecule has 25 heavy (non-hydrogen) atoms. The number of para-hydroxylation sites is 1. The Morgan fingerprint density at radius 1 is 0.920 bits per heavy atom. The Labute approximate surface area is 161 Å². The quantitative estimate of drug-likeness (QED) is 0.282. The fraction of sp³-hybridized carbons (Fsp3) is 0.0455. The highest BCUT2D eigenvalue weighted by Gasteiger charge is 2.05. The van der Waals surface area contributed by atoms with E-state index in [9.17, 15) is 5.26 Å². The Kier molecular flexibility index (Phi) is 5.86. The van der Waals surface area contributed by atoms with E-state index in [-0.39, 0.29) is 0 Å². The maximum atomic E-state index is 9.55. The zero-order chi connectivity index (χ0) is 17.5. The zero-order valence-electron chi connectivity index (χ0n) is 13.5. The average Bonchev–Trinajstić information content (AvgIpc) is 2.67. The van der Waals surface area contributed by atoms with E-state index in [1.54, 1.807) is 0 Å². The fourth-order valence-electron chi connectivity index (χ4n) is 2.43. The second-order valence-electron chi connectivity index (χ2n) is 5.49. The molecule has 0 unspecified atom stereocenters. The van der Waals surface area contributed by atoms with Crippen molar-refractivity contribution in [3.05, 3.63) is 99.1 Å². The molecule has 2 nitrogen and oxygen atoms in total. The van der Waals surface area contributed by atoms with Crippen LogP contribution >= 0.6 is 22.6 Å². The van der Waals surface area contributed by atoms with Crippen molar-refractivity contribution in [3.63, 3.8) is 0 Å². The summed E-state index contributed by atoms with van der Waals surface area (Å²) in [6.45, 7) is 0.497. The molecule has 3 aromatic rings. The lowest BCUT2D eigenvalue weighted by molar-refractivity contribution is 0.305. The van der Waals surface area contributed by atoms with Crippen molar-refractivity contribution in [2.45, 2.75) is 6.61 Å². The lowest BCUT2D eigenvalue weighted by Gasteiger charge is -2.10. The standard InChI is InChI=1S/C22H16INO/c23-21-12-10-18(11-13-21)20(15-24)14-19-8-4-5-9-22(19)25-16-17-6-2-1-3-7-17/h1-14H,16H2/b20-14-. The Hall–Kier alpha value is -2.58. The molecule has 0 amide bonds. The number of ether oxygens (including phenoxy) is 1. The van der Waals surface area contributed by atoms with Gasteiger partial charge in [-0.3, -0.25) is 0 Å². The summed E-state index contributed by atoms with van der Waals surface area (Å²) in [6.07, 6.45) is 1.88. The maximum absolute atomic E-state index is 9.55. The summed E-state index contributed by atoms with van der Waals surface area (Å²) < 4.78 is 7.11. The molecule has 0 aliphatic carbocycles. The lowest BCUT2D eigenvalue weighted by atomic mass is 10.0. The maximum Gasteiger partial charge on any atom is 0.127 e. The molecule has 3 heteroatoms. The number of hydrogen-bond acceptors (Lipinski definition) is 2. The largest absolute Gasteiger partial charge is 0.488 e. The van der Waals surface area contributed by atoms with Crippen molar-refractivity contribution in [1.29, 1.82) is 5.26 Å². The van der Waals surface area contributed by atoms with Gasteiger partial charge < -0.3 is 4.74 Å². The molecule has 0 radical (unpaired) electrons. The van der Waals surface area contributed by atoms with Crippen LogP contribution < -0.4 is 4.74 Å². The van der Waals surface area contributed by atoms with Gasteiger partial charge in [0.15, 0.2) is 0 Å². The van der Waals surface area contributed by atoms with E-state index in [1.165, 1.54) is 0 Å². The molecular formula is C22H16INO. The Morgan fingerprint density at radius 3 is 2.32 bits per heavy atom. The molecule has 0 aromatic heterocycles. The summed E-state index contributed by atoms with van der Waals surface area (Å²) in [5.41, 5.74) is 3.53. The van der Waals surface area contributed by atoms with E-state index in [4.69, 9.17) is 4.74 Å². The van der Waals surface area contributed by atoms with Crippen LogP contribution in [0.4, 0.5) is 0 Å². The van der Waals surface area contributed by atoms with Crippen LogP contribution in [0.1, 0.15) is 16.7 Å². The third kappa shape index (κ3) is 4.71. The molecule has 0 heterocycles. The molecule has 0 aliphatic heterocycles. The summed E-state index contributed by atoms with van der Waals surface area (Å²) in [5, 5.41) is 9.55. The summed E-state index contributed by atoms with van der Waals surface area (Å²) in [7, 11) is 0. The molecule has 0 aliphatic rings. The van der Waals surface area contributed by atoms with E-state index in [1.807, 2.05) is 84.9 Å². The summed E-state index contributed by atoms with van der Waals surface area (Å²) >= 11 is 2.25. The highest BCUT2D eigenvalue weighted by Crippen LogP contribution is 2.25. The van der Waals surface area contributed by atoms with Gasteiger partial charge >= 0.3 is 0 Å². The van der Waals surface area contributed by atoms with E-state index in [2.05, 4.69) is 28.7 Å². The first-order valence-corrected chi connectivity index (χ1v) is 8.97. The van der Waals surface area contributed by atoms with Crippen LogP contribution in [0.25, 0.3) is 11.6 Å². The van der Waals surface area contributed by atoms with Gasteiger partial charge in [0, 0.05) is 9.13 Å². The number of allylic oxidation sites excluding steroid dienone is 1. The van der Waals surface area contributed by atoms with Gasteiger partial charge in [-0.1, -0.05) is 60.7 Å². The van der Waals surface area contributed by atoms with E-state index in [0.717, 1.165) is 26.0 Å². The fourth-order valence-corrected chi connectivity index (χ4v) is 2.79. The van der Waals surface area contributed by atoms with Crippen LogP contribution in [0.15, 0.2) is 78.9 Å². The third-order valence-electron chi connectivity index (χ3n) is 3.73. The summed E-state index contributed by atoms with van der Waals surface area (Å²) in [6, 6.07) is 28.0. The normalized spacial score (nSPS) is 11.0. The second kappa shape index (κ2) is 8.50. The number of nitriles is 1. The average molecular weight is 437 g/mol. The van der Waals surface area contributed by atoms with Crippen molar-refractivity contribution in [3.8, 4) is 11.8 Å². The molecule has 0 N–H and O–H groups in total. The number of hydrogen-bond donors (Lipinski definition) is 0. The van der Waals surface area contributed by atoms with Crippen LogP contribution in [-0.4, -0.2) is 0 Å². The molecule has 122 valence electrons. The van der Waals surface area contributed by atoms with E-state index < -0.39 is 0 Å². The van der Waals surface area contributed by atoms with Crippen molar-refractivity contribution in [1.82, 2.24) is 0 Å². The topological polar surface area (TPSA) is 33.0 Å². The van der Waals surface area contributed by atoms with Gasteiger partial charge in [0.1, 0.15) is 12.4 Å². The minimum absolute atomic E-state index is 0.497. The Bertz CT molecular complexity index is 909. The molecule has 0 saturated heterocycles. The van der Waals surface area contributed by atoms with Gasteiger partial charge in [-0.15, -0.1) is 0 Å². The number of benzene rings is 3. The molecule has 0 atom stereocenters. The molecule has 0 bridgehead atoms. The smallest absolute Gasteiger partial charge is 0.127 e. The predicted molar refractivity (Wildman–Crippen MR) is 110 cm³/mol. The number of rotatable bonds is 5. The van der Waals surface area contributed by atoms with Crippen molar-refractivity contribution >= 4 is 34.2 Å². The second-order valence-corrected chi connectivity index (χ2v) is 6.73. The van der Waals surface area contributed by atoms with E-state index in [0.29, 0.717) is 12.2 Å². The zero-order valence-corrected chi connectivity index (χ0v) is 15.7. The Balaban J connectivity index is 1.86. The van der Waals surface area contributed by atoms with Crippen LogP contribution in [0.2, 0.25) is 0 Å². The lowest BCUT2D eigenvalue weighted by Crippen LogP contribution is -1.96. The van der Waals surface area contributed by atoms with Crippen molar-refractivity contribution in [2.24, 2.45) is 0 Å². The molecule has 0 saturated carbocycles. The Morgan fingerprint density at radius 2 is 1.60 bits per heavy atom. The molecule has 3 rings (SSSR count). The minimum atomic E-state index is 0.497. The highest BCUT2D eigenvalue weighted by atomic mass is 127. The molecule has 0 spiro atoms. The van der Waals surface area contributed by atoms with Gasteiger partial charge in [0.25, 0.3) is 0 Å².